The second-order valence-corrected chi connectivity index (χ2v) is 3.57. The van der Waals surface area contributed by atoms with Gasteiger partial charge in [-0.15, -0.1) is 0 Å². The molecule has 1 atom stereocenters. The lowest BCUT2D eigenvalue weighted by Gasteiger charge is -2.16. The number of phenols is 1. The van der Waals surface area contributed by atoms with Crippen molar-refractivity contribution in [2.24, 2.45) is 5.73 Å². The molecule has 4 heteroatoms. The average molecular weight is 209 g/mol. The average Bonchev–Trinajstić information content (AvgIpc) is 2.18. The molecule has 0 heterocycles. The molecule has 0 aromatic heterocycles. The second-order valence-electron chi connectivity index (χ2n) is 3.57. The Morgan fingerprint density at radius 2 is 2.07 bits per heavy atom. The van der Waals surface area contributed by atoms with E-state index in [1.54, 1.807) is 13.0 Å². The molecule has 4 N–H and O–H groups in total. The van der Waals surface area contributed by atoms with Crippen LogP contribution in [0.1, 0.15) is 22.6 Å². The summed E-state index contributed by atoms with van der Waals surface area (Å²) in [4.78, 5) is 11.0. The number of hydrogen-bond donors (Lipinski definition) is 3. The maximum Gasteiger partial charge on any atom is 0.312 e. The summed E-state index contributed by atoms with van der Waals surface area (Å²) in [5.41, 5.74) is 7.55. The van der Waals surface area contributed by atoms with E-state index in [4.69, 9.17) is 10.8 Å². The van der Waals surface area contributed by atoms with E-state index >= 15 is 0 Å². The summed E-state index contributed by atoms with van der Waals surface area (Å²) in [7, 11) is 0. The van der Waals surface area contributed by atoms with Gasteiger partial charge >= 0.3 is 5.97 Å². The number of aryl methyl sites for hydroxylation is 1. The van der Waals surface area contributed by atoms with Gasteiger partial charge in [0.25, 0.3) is 0 Å². The molecule has 0 aliphatic carbocycles. The summed E-state index contributed by atoms with van der Waals surface area (Å²) in [6.07, 6.45) is 0. The molecule has 1 rings (SSSR count). The number of benzene rings is 1. The number of carbonyl (C=O) groups is 1. The summed E-state index contributed by atoms with van der Waals surface area (Å²) in [5, 5.41) is 18.6. The molecule has 0 saturated carbocycles. The first-order valence-corrected chi connectivity index (χ1v) is 4.71. The Kier molecular flexibility index (Phi) is 3.31. The maximum atomic E-state index is 11.0. The molecule has 0 saturated heterocycles. The predicted octanol–water partition coefficient (Wildman–Crippen LogP) is 1.14. The van der Waals surface area contributed by atoms with Crippen molar-refractivity contribution in [3.63, 3.8) is 0 Å². The van der Waals surface area contributed by atoms with E-state index in [1.807, 2.05) is 6.92 Å². The smallest absolute Gasteiger partial charge is 0.312 e. The number of aromatic hydroxyl groups is 1. The monoisotopic (exact) mass is 209 g/mol. The fourth-order valence-electron chi connectivity index (χ4n) is 1.61. The number of carboxylic acids is 1. The lowest BCUT2D eigenvalue weighted by Crippen LogP contribution is -2.22. The predicted molar refractivity (Wildman–Crippen MR) is 57.0 cm³/mol. The molecular weight excluding hydrogens is 194 g/mol. The van der Waals surface area contributed by atoms with Crippen molar-refractivity contribution in [2.75, 3.05) is 6.54 Å². The minimum Gasteiger partial charge on any atom is -0.508 e. The fourth-order valence-corrected chi connectivity index (χ4v) is 1.61. The van der Waals surface area contributed by atoms with Crippen LogP contribution in [0.4, 0.5) is 0 Å². The third-order valence-corrected chi connectivity index (χ3v) is 2.64. The third kappa shape index (κ3) is 2.10. The van der Waals surface area contributed by atoms with Gasteiger partial charge in [-0.05, 0) is 31.0 Å². The van der Waals surface area contributed by atoms with Crippen LogP contribution in [-0.2, 0) is 4.79 Å². The van der Waals surface area contributed by atoms with E-state index in [-0.39, 0.29) is 12.3 Å². The van der Waals surface area contributed by atoms with E-state index < -0.39 is 11.9 Å². The Morgan fingerprint density at radius 3 is 2.53 bits per heavy atom. The van der Waals surface area contributed by atoms with Crippen LogP contribution in [0, 0.1) is 13.8 Å². The van der Waals surface area contributed by atoms with E-state index in [0.717, 1.165) is 11.1 Å². The molecule has 15 heavy (non-hydrogen) atoms. The molecule has 0 aliphatic heterocycles. The van der Waals surface area contributed by atoms with Gasteiger partial charge in [-0.2, -0.15) is 0 Å². The molecule has 0 radical (unpaired) electrons. The van der Waals surface area contributed by atoms with Crippen molar-refractivity contribution in [2.45, 2.75) is 19.8 Å². The highest BCUT2D eigenvalue weighted by Crippen LogP contribution is 2.30. The van der Waals surface area contributed by atoms with Crippen LogP contribution in [0.2, 0.25) is 0 Å². The Bertz CT molecular complexity index is 388. The largest absolute Gasteiger partial charge is 0.508 e. The molecule has 0 aliphatic rings. The minimum atomic E-state index is -1.01. The third-order valence-electron chi connectivity index (χ3n) is 2.64. The molecule has 1 aromatic carbocycles. The first kappa shape index (κ1) is 11.5. The summed E-state index contributed by atoms with van der Waals surface area (Å²) in [5.74, 6) is -1.86. The summed E-state index contributed by atoms with van der Waals surface area (Å²) in [6, 6.07) is 3.26. The van der Waals surface area contributed by atoms with Crippen LogP contribution in [0.3, 0.4) is 0 Å². The van der Waals surface area contributed by atoms with Gasteiger partial charge in [0.2, 0.25) is 0 Å². The van der Waals surface area contributed by atoms with Gasteiger partial charge in [0, 0.05) is 12.1 Å². The Balaban J connectivity index is 3.34. The van der Waals surface area contributed by atoms with Crippen LogP contribution in [0.15, 0.2) is 12.1 Å². The van der Waals surface area contributed by atoms with Gasteiger partial charge in [0.15, 0.2) is 0 Å². The highest BCUT2D eigenvalue weighted by atomic mass is 16.4. The van der Waals surface area contributed by atoms with E-state index in [9.17, 15) is 9.90 Å². The SMILES string of the molecule is Cc1ccc(O)c(C(CN)C(=O)O)c1C. The van der Waals surface area contributed by atoms with Gasteiger partial charge in [0.1, 0.15) is 5.75 Å². The van der Waals surface area contributed by atoms with Gasteiger partial charge in [-0.1, -0.05) is 6.07 Å². The van der Waals surface area contributed by atoms with E-state index in [0.29, 0.717) is 5.56 Å². The van der Waals surface area contributed by atoms with Crippen molar-refractivity contribution in [1.82, 2.24) is 0 Å². The van der Waals surface area contributed by atoms with Crippen LogP contribution in [-0.4, -0.2) is 22.7 Å². The minimum absolute atomic E-state index is 0.00375. The molecule has 1 aromatic rings. The highest BCUT2D eigenvalue weighted by molar-refractivity contribution is 5.78. The molecule has 0 bridgehead atoms. The van der Waals surface area contributed by atoms with Crippen molar-refractivity contribution in [3.05, 3.63) is 28.8 Å². The quantitative estimate of drug-likeness (QED) is 0.697. The van der Waals surface area contributed by atoms with Crippen molar-refractivity contribution < 1.29 is 15.0 Å². The highest BCUT2D eigenvalue weighted by Gasteiger charge is 2.23. The Hall–Kier alpha value is -1.55. The second kappa shape index (κ2) is 4.31. The fraction of sp³-hybridized carbons (Fsp3) is 0.364. The zero-order valence-electron chi connectivity index (χ0n) is 8.82. The van der Waals surface area contributed by atoms with E-state index in [1.165, 1.54) is 6.07 Å². The lowest BCUT2D eigenvalue weighted by molar-refractivity contribution is -0.138. The molecule has 4 nitrogen and oxygen atoms in total. The van der Waals surface area contributed by atoms with Crippen LogP contribution in [0.5, 0.6) is 5.75 Å². The van der Waals surface area contributed by atoms with Crippen LogP contribution < -0.4 is 5.73 Å². The van der Waals surface area contributed by atoms with Crippen LogP contribution in [0.25, 0.3) is 0 Å². The van der Waals surface area contributed by atoms with E-state index in [2.05, 4.69) is 0 Å². The Labute approximate surface area is 88.3 Å². The zero-order chi connectivity index (χ0) is 11.6. The normalized spacial score (nSPS) is 12.5. The van der Waals surface area contributed by atoms with Gasteiger partial charge in [-0.25, -0.2) is 0 Å². The topological polar surface area (TPSA) is 83.5 Å². The van der Waals surface area contributed by atoms with Crippen molar-refractivity contribution in [1.29, 1.82) is 0 Å². The molecule has 1 unspecified atom stereocenters. The number of aliphatic carboxylic acids is 1. The molecule has 0 fully saturated rings. The molecule has 82 valence electrons. The van der Waals surface area contributed by atoms with Gasteiger partial charge in [0.05, 0.1) is 5.92 Å². The molecular formula is C11H15NO3. The number of hydrogen-bond acceptors (Lipinski definition) is 3. The number of phenolic OH excluding ortho intramolecular Hbond substituents is 1. The summed E-state index contributed by atoms with van der Waals surface area (Å²) in [6.45, 7) is 3.64. The van der Waals surface area contributed by atoms with Crippen molar-refractivity contribution in [3.8, 4) is 5.75 Å². The summed E-state index contributed by atoms with van der Waals surface area (Å²) >= 11 is 0. The number of rotatable bonds is 3. The number of nitrogens with two attached hydrogens (primary N) is 1. The summed E-state index contributed by atoms with van der Waals surface area (Å²) < 4.78 is 0. The standard InChI is InChI=1S/C11H15NO3/c1-6-3-4-9(13)10(7(6)2)8(5-12)11(14)15/h3-4,8,13H,5,12H2,1-2H3,(H,14,15). The van der Waals surface area contributed by atoms with Gasteiger partial charge in [-0.3, -0.25) is 4.79 Å². The van der Waals surface area contributed by atoms with Gasteiger partial charge < -0.3 is 15.9 Å². The van der Waals surface area contributed by atoms with Crippen molar-refractivity contribution >= 4 is 5.97 Å². The molecule has 0 amide bonds. The maximum absolute atomic E-state index is 11.0. The lowest BCUT2D eigenvalue weighted by atomic mass is 9.91. The first-order chi connectivity index (χ1) is 6.99. The zero-order valence-corrected chi connectivity index (χ0v) is 8.82. The number of carboxylic acid groups (broad SMARTS) is 1. The Morgan fingerprint density at radius 1 is 1.47 bits per heavy atom. The molecule has 0 spiro atoms. The van der Waals surface area contributed by atoms with Crippen LogP contribution >= 0.6 is 0 Å². The first-order valence-electron chi connectivity index (χ1n) is 4.71.